The van der Waals surface area contributed by atoms with Crippen molar-refractivity contribution in [1.29, 1.82) is 0 Å². The maximum Gasteiger partial charge on any atom is 0.410 e. The van der Waals surface area contributed by atoms with Gasteiger partial charge in [-0.2, -0.15) is 0 Å². The number of carbonyl (C=O) groups is 2. The van der Waals surface area contributed by atoms with Crippen LogP contribution in [0.4, 0.5) is 4.79 Å². The van der Waals surface area contributed by atoms with Gasteiger partial charge in [0.1, 0.15) is 11.7 Å². The van der Waals surface area contributed by atoms with Gasteiger partial charge in [-0.3, -0.25) is 4.79 Å². The number of ether oxygens (including phenoxy) is 4. The van der Waals surface area contributed by atoms with Crippen LogP contribution in [0.3, 0.4) is 0 Å². The molecular weight excluding hydrogens is 592 g/mol. The number of allylic oxidation sites excluding steroid dienone is 2. The zero-order chi connectivity index (χ0) is 34.1. The molecular formula is C35H58N2O9. The third kappa shape index (κ3) is 11.2. The highest BCUT2D eigenvalue weighted by atomic mass is 16.6. The lowest BCUT2D eigenvalue weighted by Crippen LogP contribution is -2.50. The van der Waals surface area contributed by atoms with Gasteiger partial charge in [-0.25, -0.2) is 4.79 Å². The van der Waals surface area contributed by atoms with Crippen LogP contribution in [0.5, 0.6) is 0 Å². The van der Waals surface area contributed by atoms with Crippen LogP contribution in [0.1, 0.15) is 80.6 Å². The highest BCUT2D eigenvalue weighted by Gasteiger charge is 2.47. The summed E-state index contributed by atoms with van der Waals surface area (Å²) in [7, 11) is 0. The summed E-state index contributed by atoms with van der Waals surface area (Å²) in [4.78, 5) is 27.8. The van der Waals surface area contributed by atoms with Gasteiger partial charge in [-0.05, 0) is 58.6 Å². The topological polar surface area (TPSA) is 150 Å². The van der Waals surface area contributed by atoms with Crippen molar-refractivity contribution in [3.63, 3.8) is 0 Å². The monoisotopic (exact) mass is 650 g/mol. The molecule has 3 heterocycles. The second kappa shape index (κ2) is 17.2. The third-order valence-electron chi connectivity index (χ3n) is 9.42. The minimum absolute atomic E-state index is 0.00245. The predicted octanol–water partition coefficient (Wildman–Crippen LogP) is 3.66. The molecule has 0 radical (unpaired) electrons. The Morgan fingerprint density at radius 3 is 2.63 bits per heavy atom. The lowest BCUT2D eigenvalue weighted by atomic mass is 9.88. The number of hydrogen-bond donors (Lipinski definition) is 4. The molecule has 1 amide bonds. The van der Waals surface area contributed by atoms with E-state index in [0.717, 1.165) is 5.57 Å². The quantitative estimate of drug-likeness (QED) is 0.113. The van der Waals surface area contributed by atoms with Crippen LogP contribution in [0.15, 0.2) is 36.0 Å². The second-order valence-electron chi connectivity index (χ2n) is 13.6. The second-order valence-corrected chi connectivity index (χ2v) is 13.6. The van der Waals surface area contributed by atoms with E-state index < -0.39 is 47.7 Å². The Kier molecular flexibility index (Phi) is 14.3. The molecule has 1 unspecified atom stereocenters. The fourth-order valence-electron chi connectivity index (χ4n) is 6.31. The number of esters is 1. The first-order valence-electron chi connectivity index (χ1n) is 17.0. The third-order valence-corrected chi connectivity index (χ3v) is 9.42. The summed E-state index contributed by atoms with van der Waals surface area (Å²) in [6, 6.07) is 0. The molecule has 0 saturated carbocycles. The smallest absolute Gasteiger partial charge is 0.410 e. The van der Waals surface area contributed by atoms with E-state index in [2.05, 4.69) is 5.32 Å². The predicted molar refractivity (Wildman–Crippen MR) is 175 cm³/mol. The standard InChI is InChI=1S/C35H58N2O9/c1-8-27(39)25(5)32-28(44-32)22-34(6,42)15-10-11-23(3)31-24(4)12-13-29(45-33(41)37-19-17-36-18-20-37)35(7,43-9-2)16-14-26(38)21-30(40)46-31/h10-13,15,24-29,31-32,36,38-39,42H,8-9,14,16-22H2,1-7H3/b13-12+,15-10+,23-11+/t24-,25+,26+,27-,28+,29-,31+,32+,34?,35+/m0/s1. The van der Waals surface area contributed by atoms with Crippen molar-refractivity contribution in [3.8, 4) is 0 Å². The van der Waals surface area contributed by atoms with Gasteiger partial charge in [0.15, 0.2) is 6.10 Å². The molecule has 11 nitrogen and oxygen atoms in total. The highest BCUT2D eigenvalue weighted by molar-refractivity contribution is 5.70. The van der Waals surface area contributed by atoms with Gasteiger partial charge in [0.25, 0.3) is 0 Å². The molecule has 4 N–H and O–H groups in total. The van der Waals surface area contributed by atoms with Gasteiger partial charge in [-0.15, -0.1) is 0 Å². The average molecular weight is 651 g/mol. The number of nitrogens with zero attached hydrogens (tertiary/aromatic N) is 1. The summed E-state index contributed by atoms with van der Waals surface area (Å²) in [5.41, 5.74) is -1.33. The van der Waals surface area contributed by atoms with Gasteiger partial charge in [0.2, 0.25) is 0 Å². The zero-order valence-corrected chi connectivity index (χ0v) is 28.8. The normalized spacial score (nSPS) is 34.9. The van der Waals surface area contributed by atoms with Crippen LogP contribution in [-0.4, -0.2) is 113 Å². The van der Waals surface area contributed by atoms with Crippen molar-refractivity contribution >= 4 is 12.1 Å². The summed E-state index contributed by atoms with van der Waals surface area (Å²) in [6.07, 6.45) is 7.02. The number of amides is 1. The van der Waals surface area contributed by atoms with Crippen LogP contribution < -0.4 is 5.32 Å². The molecule has 0 aromatic heterocycles. The molecule has 3 aliphatic rings. The summed E-state index contributed by atoms with van der Waals surface area (Å²) in [5.74, 6) is -0.830. The van der Waals surface area contributed by atoms with Crippen molar-refractivity contribution in [1.82, 2.24) is 10.2 Å². The van der Waals surface area contributed by atoms with E-state index in [4.69, 9.17) is 18.9 Å². The maximum atomic E-state index is 13.2. The Morgan fingerprint density at radius 1 is 1.28 bits per heavy atom. The molecule has 0 aromatic carbocycles. The summed E-state index contributed by atoms with van der Waals surface area (Å²) in [5, 5.41) is 35.2. The molecule has 262 valence electrons. The SMILES string of the molecule is CCO[C@]1(C)CC[C@@H](O)CC(=O)O[C@H](/C(C)=C/C=C/C(C)(O)C[C@H]2O[C@@H]2[C@H](C)[C@@H](O)CC)[C@@H](C)/C=C/[C@@H]1OC(=O)N1CCNCC1. The van der Waals surface area contributed by atoms with E-state index in [-0.39, 0.29) is 36.9 Å². The number of rotatable bonds is 11. The minimum atomic E-state index is -1.14. The molecule has 11 heteroatoms. The van der Waals surface area contributed by atoms with E-state index in [9.17, 15) is 24.9 Å². The lowest BCUT2D eigenvalue weighted by Gasteiger charge is -2.38. The number of cyclic esters (lactones) is 1. The number of nitrogens with one attached hydrogen (secondary N) is 1. The van der Waals surface area contributed by atoms with E-state index >= 15 is 0 Å². The Morgan fingerprint density at radius 2 is 1.98 bits per heavy atom. The fourth-order valence-corrected chi connectivity index (χ4v) is 6.31. The van der Waals surface area contributed by atoms with E-state index in [0.29, 0.717) is 52.0 Å². The number of aliphatic hydroxyl groups is 3. The molecule has 46 heavy (non-hydrogen) atoms. The summed E-state index contributed by atoms with van der Waals surface area (Å²) >= 11 is 0. The van der Waals surface area contributed by atoms with Gasteiger partial charge >= 0.3 is 12.1 Å². The van der Waals surface area contributed by atoms with Crippen molar-refractivity contribution < 1.29 is 43.9 Å². The Bertz CT molecular complexity index is 1090. The Labute approximate surface area is 275 Å². The maximum absolute atomic E-state index is 13.2. The number of piperazine rings is 1. The molecule has 0 aromatic rings. The van der Waals surface area contributed by atoms with Crippen molar-refractivity contribution in [2.75, 3.05) is 32.8 Å². The van der Waals surface area contributed by atoms with Gasteiger partial charge in [0.05, 0.1) is 36.4 Å². The summed E-state index contributed by atoms with van der Waals surface area (Å²) < 4.78 is 23.9. The van der Waals surface area contributed by atoms with E-state index in [1.165, 1.54) is 0 Å². The first-order valence-corrected chi connectivity index (χ1v) is 17.0. The van der Waals surface area contributed by atoms with Crippen molar-refractivity contribution in [2.24, 2.45) is 11.8 Å². The summed E-state index contributed by atoms with van der Waals surface area (Å²) in [6.45, 7) is 16.0. The number of epoxide rings is 1. The Balaban J connectivity index is 1.79. The van der Waals surface area contributed by atoms with Crippen LogP contribution in [0.2, 0.25) is 0 Å². The van der Waals surface area contributed by atoms with Crippen LogP contribution >= 0.6 is 0 Å². The first-order chi connectivity index (χ1) is 21.7. The Hall–Kier alpha value is -2.28. The van der Waals surface area contributed by atoms with E-state index in [1.807, 2.05) is 53.7 Å². The molecule has 2 fully saturated rings. The molecule has 3 rings (SSSR count). The molecule has 0 spiro atoms. The van der Waals surface area contributed by atoms with Gasteiger partial charge < -0.3 is 44.5 Å². The number of aliphatic hydroxyl groups excluding tert-OH is 2. The zero-order valence-electron chi connectivity index (χ0n) is 28.8. The number of hydrogen-bond acceptors (Lipinski definition) is 10. The van der Waals surface area contributed by atoms with E-state index in [1.54, 1.807) is 30.1 Å². The van der Waals surface area contributed by atoms with Crippen molar-refractivity contribution in [2.45, 2.75) is 128 Å². The van der Waals surface area contributed by atoms with Crippen LogP contribution in [0, 0.1) is 11.8 Å². The van der Waals surface area contributed by atoms with Crippen LogP contribution in [0.25, 0.3) is 0 Å². The lowest BCUT2D eigenvalue weighted by molar-refractivity contribution is -0.152. The van der Waals surface area contributed by atoms with Gasteiger partial charge in [0, 0.05) is 51.0 Å². The molecule has 0 bridgehead atoms. The first kappa shape index (κ1) is 38.2. The minimum Gasteiger partial charge on any atom is -0.457 e. The molecule has 2 saturated heterocycles. The fraction of sp³-hybridized carbons (Fsp3) is 0.771. The van der Waals surface area contributed by atoms with Gasteiger partial charge in [-0.1, -0.05) is 45.1 Å². The van der Waals surface area contributed by atoms with Crippen molar-refractivity contribution in [3.05, 3.63) is 36.0 Å². The average Bonchev–Trinajstić information content (AvgIpc) is 3.77. The molecule has 3 aliphatic heterocycles. The van der Waals surface area contributed by atoms with Crippen LogP contribution in [-0.2, 0) is 23.7 Å². The number of carbonyl (C=O) groups excluding carboxylic acids is 2. The molecule has 0 aliphatic carbocycles. The highest BCUT2D eigenvalue weighted by Crippen LogP contribution is 2.37. The molecule has 10 atom stereocenters. The largest absolute Gasteiger partial charge is 0.457 e.